The number of rotatable bonds is 6. The Morgan fingerprint density at radius 2 is 1.88 bits per heavy atom. The molecule has 1 rings (SSSR count). The molecular weight excluding hydrogens is 214 g/mol. The summed E-state index contributed by atoms with van der Waals surface area (Å²) in [5.41, 5.74) is 3.76. The molecule has 17 heavy (non-hydrogen) atoms. The first-order valence-corrected chi connectivity index (χ1v) is 5.92. The van der Waals surface area contributed by atoms with Gasteiger partial charge in [0.05, 0.1) is 13.7 Å². The first-order chi connectivity index (χ1) is 8.13. The Balaban J connectivity index is 3.05. The fourth-order valence-electron chi connectivity index (χ4n) is 2.18. The molecule has 0 spiro atoms. The molecular formula is C14H23NO2. The van der Waals surface area contributed by atoms with Crippen molar-refractivity contribution in [2.24, 2.45) is 0 Å². The van der Waals surface area contributed by atoms with Crippen LogP contribution in [-0.2, 0) is 4.74 Å². The minimum atomic E-state index is 0.384. The lowest BCUT2D eigenvalue weighted by molar-refractivity contribution is 0.178. The molecule has 0 saturated heterocycles. The monoisotopic (exact) mass is 237 g/mol. The van der Waals surface area contributed by atoms with Gasteiger partial charge in [0.1, 0.15) is 5.75 Å². The van der Waals surface area contributed by atoms with Gasteiger partial charge in [-0.25, -0.2) is 0 Å². The van der Waals surface area contributed by atoms with Crippen LogP contribution in [-0.4, -0.2) is 34.4 Å². The average molecular weight is 237 g/mol. The van der Waals surface area contributed by atoms with Crippen molar-refractivity contribution in [3.05, 3.63) is 28.8 Å². The highest BCUT2D eigenvalue weighted by molar-refractivity contribution is 5.43. The Morgan fingerprint density at radius 1 is 1.18 bits per heavy atom. The van der Waals surface area contributed by atoms with E-state index < -0.39 is 0 Å². The van der Waals surface area contributed by atoms with Crippen LogP contribution < -0.4 is 10.1 Å². The van der Waals surface area contributed by atoms with Crippen LogP contribution >= 0.6 is 0 Å². The topological polar surface area (TPSA) is 30.5 Å². The van der Waals surface area contributed by atoms with E-state index in [1.165, 1.54) is 16.7 Å². The van der Waals surface area contributed by atoms with Gasteiger partial charge in [-0.2, -0.15) is 0 Å². The van der Waals surface area contributed by atoms with Gasteiger partial charge in [-0.05, 0) is 43.7 Å². The molecule has 0 amide bonds. The van der Waals surface area contributed by atoms with Crippen LogP contribution in [0.25, 0.3) is 0 Å². The second kappa shape index (κ2) is 6.62. The molecule has 0 aliphatic rings. The number of methoxy groups -OCH3 is 2. The van der Waals surface area contributed by atoms with Crippen molar-refractivity contribution in [2.75, 3.05) is 34.4 Å². The van der Waals surface area contributed by atoms with Gasteiger partial charge in [0.15, 0.2) is 0 Å². The molecule has 0 bridgehead atoms. The Kier molecular flexibility index (Phi) is 5.45. The lowest BCUT2D eigenvalue weighted by Gasteiger charge is -2.20. The summed E-state index contributed by atoms with van der Waals surface area (Å²) in [6.07, 6.45) is 0. The molecule has 1 N–H and O–H groups in total. The van der Waals surface area contributed by atoms with E-state index in [-0.39, 0.29) is 0 Å². The second-order valence-corrected chi connectivity index (χ2v) is 4.39. The zero-order valence-electron chi connectivity index (χ0n) is 11.5. The quantitative estimate of drug-likeness (QED) is 0.823. The highest BCUT2D eigenvalue weighted by Gasteiger charge is 2.15. The van der Waals surface area contributed by atoms with Crippen molar-refractivity contribution < 1.29 is 9.47 Å². The molecule has 3 heteroatoms. The van der Waals surface area contributed by atoms with Crippen molar-refractivity contribution in [3.8, 4) is 5.75 Å². The molecule has 0 aliphatic heterocycles. The third kappa shape index (κ3) is 3.45. The number of aryl methyl sites for hydroxylation is 2. The standard InChI is InChI=1S/C14H23NO2/c1-10-7-14(17-5)11(2)6-13(10)12(8-15-3)9-16-4/h6-7,12,15H,8-9H2,1-5H3. The van der Waals surface area contributed by atoms with Crippen LogP contribution in [0.3, 0.4) is 0 Å². The molecule has 1 unspecified atom stereocenters. The van der Waals surface area contributed by atoms with E-state index in [0.29, 0.717) is 5.92 Å². The SMILES string of the molecule is CNCC(COC)c1cc(C)c(OC)cc1C. The second-order valence-electron chi connectivity index (χ2n) is 4.39. The van der Waals surface area contributed by atoms with Gasteiger partial charge in [0.25, 0.3) is 0 Å². The van der Waals surface area contributed by atoms with E-state index in [1.807, 2.05) is 7.05 Å². The van der Waals surface area contributed by atoms with Crippen LogP contribution in [0.5, 0.6) is 5.75 Å². The molecule has 0 aromatic heterocycles. The summed E-state index contributed by atoms with van der Waals surface area (Å²) in [5.74, 6) is 1.33. The van der Waals surface area contributed by atoms with Crippen molar-refractivity contribution in [1.82, 2.24) is 5.32 Å². The third-order valence-electron chi connectivity index (χ3n) is 3.04. The maximum absolute atomic E-state index is 5.33. The van der Waals surface area contributed by atoms with Gasteiger partial charge in [0.2, 0.25) is 0 Å². The van der Waals surface area contributed by atoms with E-state index in [9.17, 15) is 0 Å². The summed E-state index contributed by atoms with van der Waals surface area (Å²) in [5, 5.41) is 3.22. The van der Waals surface area contributed by atoms with Gasteiger partial charge in [0, 0.05) is 19.6 Å². The highest BCUT2D eigenvalue weighted by Crippen LogP contribution is 2.27. The molecule has 0 fully saturated rings. The highest BCUT2D eigenvalue weighted by atomic mass is 16.5. The molecule has 3 nitrogen and oxygen atoms in total. The summed E-state index contributed by atoms with van der Waals surface area (Å²) in [6, 6.07) is 4.30. The van der Waals surface area contributed by atoms with Crippen molar-refractivity contribution >= 4 is 0 Å². The van der Waals surface area contributed by atoms with Crippen LogP contribution in [0.2, 0.25) is 0 Å². The minimum absolute atomic E-state index is 0.384. The predicted molar refractivity (Wildman–Crippen MR) is 71.0 cm³/mol. The van der Waals surface area contributed by atoms with E-state index in [1.54, 1.807) is 14.2 Å². The predicted octanol–water partition coefficient (Wildman–Crippen LogP) is 2.26. The van der Waals surface area contributed by atoms with E-state index >= 15 is 0 Å². The van der Waals surface area contributed by atoms with Crippen LogP contribution in [0.15, 0.2) is 12.1 Å². The molecule has 0 heterocycles. The maximum atomic E-state index is 5.33. The molecule has 1 aromatic rings. The summed E-state index contributed by atoms with van der Waals surface area (Å²) < 4.78 is 10.6. The van der Waals surface area contributed by atoms with Crippen molar-refractivity contribution in [2.45, 2.75) is 19.8 Å². The van der Waals surface area contributed by atoms with E-state index in [2.05, 4.69) is 31.3 Å². The number of hydrogen-bond donors (Lipinski definition) is 1. The summed E-state index contributed by atoms with van der Waals surface area (Å²) >= 11 is 0. The molecule has 96 valence electrons. The van der Waals surface area contributed by atoms with Crippen molar-refractivity contribution in [3.63, 3.8) is 0 Å². The summed E-state index contributed by atoms with van der Waals surface area (Å²) in [6.45, 7) is 5.84. The first kappa shape index (κ1) is 14.0. The Bertz CT molecular complexity index is 357. The molecule has 1 atom stereocenters. The van der Waals surface area contributed by atoms with Crippen LogP contribution in [0.4, 0.5) is 0 Å². The minimum Gasteiger partial charge on any atom is -0.496 e. The fourth-order valence-corrected chi connectivity index (χ4v) is 2.18. The molecule has 0 saturated carbocycles. The fraction of sp³-hybridized carbons (Fsp3) is 0.571. The zero-order chi connectivity index (χ0) is 12.8. The largest absolute Gasteiger partial charge is 0.496 e. The third-order valence-corrected chi connectivity index (χ3v) is 3.04. The Morgan fingerprint density at radius 3 is 2.41 bits per heavy atom. The normalized spacial score (nSPS) is 12.5. The van der Waals surface area contributed by atoms with Gasteiger partial charge in [-0.15, -0.1) is 0 Å². The number of nitrogens with one attached hydrogen (secondary N) is 1. The zero-order valence-corrected chi connectivity index (χ0v) is 11.5. The lowest BCUT2D eigenvalue weighted by Crippen LogP contribution is -2.21. The van der Waals surface area contributed by atoms with Gasteiger partial charge < -0.3 is 14.8 Å². The van der Waals surface area contributed by atoms with E-state index in [0.717, 1.165) is 18.9 Å². The van der Waals surface area contributed by atoms with Crippen LogP contribution in [0, 0.1) is 13.8 Å². The van der Waals surface area contributed by atoms with Gasteiger partial charge in [-0.3, -0.25) is 0 Å². The smallest absolute Gasteiger partial charge is 0.122 e. The number of likely N-dealkylation sites (N-methyl/N-ethyl adjacent to an activating group) is 1. The number of ether oxygens (including phenoxy) is 2. The average Bonchev–Trinajstić information content (AvgIpc) is 2.31. The Hall–Kier alpha value is -1.06. The molecule has 0 aliphatic carbocycles. The summed E-state index contributed by atoms with van der Waals surface area (Å²) in [7, 11) is 5.42. The molecule has 0 radical (unpaired) electrons. The lowest BCUT2D eigenvalue weighted by atomic mass is 9.93. The maximum Gasteiger partial charge on any atom is 0.122 e. The van der Waals surface area contributed by atoms with Crippen molar-refractivity contribution in [1.29, 1.82) is 0 Å². The number of hydrogen-bond acceptors (Lipinski definition) is 3. The van der Waals surface area contributed by atoms with E-state index in [4.69, 9.17) is 9.47 Å². The Labute approximate surface area is 104 Å². The van der Waals surface area contributed by atoms with Crippen LogP contribution in [0.1, 0.15) is 22.6 Å². The molecule has 1 aromatic carbocycles. The number of benzene rings is 1. The summed E-state index contributed by atoms with van der Waals surface area (Å²) in [4.78, 5) is 0. The van der Waals surface area contributed by atoms with Gasteiger partial charge in [-0.1, -0.05) is 6.07 Å². The first-order valence-electron chi connectivity index (χ1n) is 5.92. The van der Waals surface area contributed by atoms with Gasteiger partial charge >= 0.3 is 0 Å².